The fourth-order valence-corrected chi connectivity index (χ4v) is 3.10. The Morgan fingerprint density at radius 1 is 1.12 bits per heavy atom. The first kappa shape index (κ1) is 19.5. The monoisotopic (exact) mass is 366 g/mol. The average molecular weight is 367 g/mol. The van der Waals surface area contributed by atoms with E-state index in [0.717, 1.165) is 43.4 Å². The molecule has 6 nitrogen and oxygen atoms in total. The predicted octanol–water partition coefficient (Wildman–Crippen LogP) is 2.70. The van der Waals surface area contributed by atoms with Gasteiger partial charge >= 0.3 is 6.03 Å². The summed E-state index contributed by atoms with van der Waals surface area (Å²) in [4.78, 5) is 24.0. The molecular weight excluding hydrogens is 340 g/mol. The maximum atomic E-state index is 12.3. The molecule has 3 rings (SSSR count). The number of hydrogen-bond donors (Lipinski definition) is 4. The van der Waals surface area contributed by atoms with Crippen LogP contribution in [0.3, 0.4) is 0 Å². The highest BCUT2D eigenvalue weighted by molar-refractivity contribution is 5.89. The first-order valence-electron chi connectivity index (χ1n) is 8.74. The van der Waals surface area contributed by atoms with Gasteiger partial charge in [-0.05, 0) is 56.7 Å². The number of halogens is 1. The Morgan fingerprint density at radius 2 is 1.80 bits per heavy atom. The van der Waals surface area contributed by atoms with Crippen LogP contribution in [0, 0.1) is 5.92 Å². The number of rotatable bonds is 5. The lowest BCUT2D eigenvalue weighted by molar-refractivity contribution is -0.125. The Balaban J connectivity index is 0.00000225. The Labute approximate surface area is 154 Å². The molecule has 3 unspecified atom stereocenters. The van der Waals surface area contributed by atoms with Crippen molar-refractivity contribution in [3.05, 3.63) is 29.8 Å². The molecule has 3 amide bonds. The second kappa shape index (κ2) is 8.54. The number of anilines is 1. The maximum Gasteiger partial charge on any atom is 0.319 e. The number of nitrogens with two attached hydrogens (primary N) is 1. The van der Waals surface area contributed by atoms with Gasteiger partial charge in [0.15, 0.2) is 0 Å². The normalized spacial score (nSPS) is 23.3. The van der Waals surface area contributed by atoms with Crippen molar-refractivity contribution in [1.82, 2.24) is 10.6 Å². The van der Waals surface area contributed by atoms with Crippen LogP contribution in [0.1, 0.15) is 50.6 Å². The Morgan fingerprint density at radius 3 is 2.36 bits per heavy atom. The van der Waals surface area contributed by atoms with Gasteiger partial charge in [0, 0.05) is 23.7 Å². The number of hydrogen-bond acceptors (Lipinski definition) is 3. The highest BCUT2D eigenvalue weighted by Crippen LogP contribution is 2.25. The summed E-state index contributed by atoms with van der Waals surface area (Å²) in [7, 11) is 0. The van der Waals surface area contributed by atoms with Crippen LogP contribution in [0.25, 0.3) is 0 Å². The third-order valence-corrected chi connectivity index (χ3v) is 4.78. The third kappa shape index (κ3) is 5.61. The molecule has 1 aromatic rings. The van der Waals surface area contributed by atoms with E-state index >= 15 is 0 Å². The number of benzene rings is 1. The van der Waals surface area contributed by atoms with Crippen LogP contribution in [0.15, 0.2) is 24.3 Å². The van der Waals surface area contributed by atoms with Crippen molar-refractivity contribution in [3.8, 4) is 0 Å². The van der Waals surface area contributed by atoms with Gasteiger partial charge in [0.25, 0.3) is 0 Å². The van der Waals surface area contributed by atoms with E-state index in [1.165, 1.54) is 0 Å². The molecule has 25 heavy (non-hydrogen) atoms. The van der Waals surface area contributed by atoms with E-state index in [0.29, 0.717) is 6.04 Å². The lowest BCUT2D eigenvalue weighted by Gasteiger charge is -2.18. The molecule has 0 saturated heterocycles. The van der Waals surface area contributed by atoms with Crippen molar-refractivity contribution in [2.75, 3.05) is 5.32 Å². The molecule has 2 fully saturated rings. The quantitative estimate of drug-likeness (QED) is 0.645. The standard InChI is InChI=1S/C18H26N4O2.ClH/c1-11(20-17(23)13-2-5-14(19)10-13)12-3-6-15(7-4-12)21-18(24)22-16-8-9-16;/h3-4,6-7,11,13-14,16H,2,5,8-10,19H2,1H3,(H,20,23)(H2,21,22,24);1H. The van der Waals surface area contributed by atoms with Crippen molar-refractivity contribution in [2.24, 2.45) is 11.7 Å². The Bertz CT molecular complexity index is 604. The molecule has 0 aromatic heterocycles. The summed E-state index contributed by atoms with van der Waals surface area (Å²) in [5.41, 5.74) is 7.64. The minimum atomic E-state index is -0.163. The Hall–Kier alpha value is -1.79. The van der Waals surface area contributed by atoms with Crippen LogP contribution in [-0.4, -0.2) is 24.0 Å². The van der Waals surface area contributed by atoms with Gasteiger partial charge < -0.3 is 21.7 Å². The predicted molar refractivity (Wildman–Crippen MR) is 101 cm³/mol. The molecule has 2 aliphatic rings. The van der Waals surface area contributed by atoms with Gasteiger partial charge in [0.05, 0.1) is 6.04 Å². The molecule has 138 valence electrons. The SMILES string of the molecule is CC(NC(=O)C1CCC(N)C1)c1ccc(NC(=O)NC2CC2)cc1.Cl. The summed E-state index contributed by atoms with van der Waals surface area (Å²) in [6, 6.07) is 7.83. The van der Waals surface area contributed by atoms with Crippen LogP contribution in [0.4, 0.5) is 10.5 Å². The van der Waals surface area contributed by atoms with Gasteiger partial charge in [-0.3, -0.25) is 4.79 Å². The summed E-state index contributed by atoms with van der Waals surface area (Å²) in [6.07, 6.45) is 4.71. The van der Waals surface area contributed by atoms with Crippen molar-refractivity contribution >= 4 is 30.0 Å². The van der Waals surface area contributed by atoms with Gasteiger partial charge in [-0.15, -0.1) is 12.4 Å². The number of urea groups is 1. The van der Waals surface area contributed by atoms with E-state index in [1.54, 1.807) is 0 Å². The summed E-state index contributed by atoms with van der Waals surface area (Å²) in [5, 5.41) is 8.76. The van der Waals surface area contributed by atoms with Crippen molar-refractivity contribution in [1.29, 1.82) is 0 Å². The topological polar surface area (TPSA) is 96.2 Å². The van der Waals surface area contributed by atoms with E-state index in [1.807, 2.05) is 31.2 Å². The lowest BCUT2D eigenvalue weighted by Crippen LogP contribution is -2.32. The van der Waals surface area contributed by atoms with Gasteiger partial charge in [0.1, 0.15) is 0 Å². The minimum Gasteiger partial charge on any atom is -0.349 e. The largest absolute Gasteiger partial charge is 0.349 e. The van der Waals surface area contributed by atoms with Crippen LogP contribution in [-0.2, 0) is 4.79 Å². The van der Waals surface area contributed by atoms with Crippen molar-refractivity contribution in [3.63, 3.8) is 0 Å². The second-order valence-corrected chi connectivity index (χ2v) is 7.00. The van der Waals surface area contributed by atoms with Crippen molar-refractivity contribution < 1.29 is 9.59 Å². The highest BCUT2D eigenvalue weighted by Gasteiger charge is 2.28. The fourth-order valence-electron chi connectivity index (χ4n) is 3.10. The lowest BCUT2D eigenvalue weighted by atomic mass is 10.0. The summed E-state index contributed by atoms with van der Waals surface area (Å²) < 4.78 is 0. The van der Waals surface area contributed by atoms with Gasteiger partial charge in [0.2, 0.25) is 5.91 Å². The number of carbonyl (C=O) groups is 2. The van der Waals surface area contributed by atoms with Crippen LogP contribution < -0.4 is 21.7 Å². The van der Waals surface area contributed by atoms with E-state index < -0.39 is 0 Å². The van der Waals surface area contributed by atoms with Crippen LogP contribution >= 0.6 is 12.4 Å². The van der Waals surface area contributed by atoms with Gasteiger partial charge in [-0.1, -0.05) is 12.1 Å². The van der Waals surface area contributed by atoms with E-state index in [4.69, 9.17) is 5.73 Å². The maximum absolute atomic E-state index is 12.3. The highest BCUT2D eigenvalue weighted by atomic mass is 35.5. The second-order valence-electron chi connectivity index (χ2n) is 7.00. The number of nitrogens with one attached hydrogen (secondary N) is 3. The number of amides is 3. The fraction of sp³-hybridized carbons (Fsp3) is 0.556. The van der Waals surface area contributed by atoms with Crippen LogP contribution in [0.5, 0.6) is 0 Å². The van der Waals surface area contributed by atoms with E-state index in [-0.39, 0.29) is 42.3 Å². The Kier molecular flexibility index (Phi) is 6.67. The molecule has 5 N–H and O–H groups in total. The first-order chi connectivity index (χ1) is 11.5. The third-order valence-electron chi connectivity index (χ3n) is 4.78. The molecule has 0 aliphatic heterocycles. The zero-order chi connectivity index (χ0) is 17.1. The molecule has 0 heterocycles. The molecule has 0 bridgehead atoms. The summed E-state index contributed by atoms with van der Waals surface area (Å²) in [5.74, 6) is 0.121. The average Bonchev–Trinajstić information content (AvgIpc) is 3.25. The molecule has 3 atom stereocenters. The van der Waals surface area contributed by atoms with Gasteiger partial charge in [-0.2, -0.15) is 0 Å². The molecular formula is C18H27ClN4O2. The molecule has 0 spiro atoms. The molecule has 0 radical (unpaired) electrons. The molecule has 2 aliphatic carbocycles. The first-order valence-corrected chi connectivity index (χ1v) is 8.74. The number of carbonyl (C=O) groups excluding carboxylic acids is 2. The molecule has 1 aromatic carbocycles. The molecule has 2 saturated carbocycles. The zero-order valence-electron chi connectivity index (χ0n) is 14.5. The van der Waals surface area contributed by atoms with Crippen molar-refractivity contribution in [2.45, 2.75) is 57.2 Å². The van der Waals surface area contributed by atoms with E-state index in [2.05, 4.69) is 16.0 Å². The van der Waals surface area contributed by atoms with Gasteiger partial charge in [-0.25, -0.2) is 4.79 Å². The summed E-state index contributed by atoms with van der Waals surface area (Å²) in [6.45, 7) is 1.97. The van der Waals surface area contributed by atoms with Crippen LogP contribution in [0.2, 0.25) is 0 Å². The minimum absolute atomic E-state index is 0. The molecule has 7 heteroatoms. The summed E-state index contributed by atoms with van der Waals surface area (Å²) >= 11 is 0. The van der Waals surface area contributed by atoms with E-state index in [9.17, 15) is 9.59 Å². The zero-order valence-corrected chi connectivity index (χ0v) is 15.3. The smallest absolute Gasteiger partial charge is 0.319 e.